The molecule has 106 valence electrons. The lowest BCUT2D eigenvalue weighted by Crippen LogP contribution is -2.60. The molecule has 18 heavy (non-hydrogen) atoms. The highest BCUT2D eigenvalue weighted by Crippen LogP contribution is 2.38. The normalized spacial score (nSPS) is 33.8. The summed E-state index contributed by atoms with van der Waals surface area (Å²) in [6.07, 6.45) is 6.41. The molecule has 0 amide bonds. The summed E-state index contributed by atoms with van der Waals surface area (Å²) < 4.78 is 6.23. The van der Waals surface area contributed by atoms with Crippen LogP contribution in [0.15, 0.2) is 0 Å². The molecule has 2 rings (SSSR count). The van der Waals surface area contributed by atoms with E-state index in [4.69, 9.17) is 4.74 Å². The summed E-state index contributed by atoms with van der Waals surface area (Å²) in [5.41, 5.74) is 0.618. The minimum absolute atomic E-state index is 0.144. The van der Waals surface area contributed by atoms with Gasteiger partial charge in [0.1, 0.15) is 0 Å². The summed E-state index contributed by atoms with van der Waals surface area (Å²) in [7, 11) is 0. The molecule has 0 saturated carbocycles. The van der Waals surface area contributed by atoms with E-state index in [1.54, 1.807) is 0 Å². The maximum Gasteiger partial charge on any atom is 0.0925 e. The van der Waals surface area contributed by atoms with Crippen LogP contribution in [-0.4, -0.2) is 36.3 Å². The molecule has 0 aliphatic carbocycles. The molecule has 3 heteroatoms. The van der Waals surface area contributed by atoms with Crippen LogP contribution in [0.25, 0.3) is 0 Å². The van der Waals surface area contributed by atoms with Crippen LogP contribution in [0, 0.1) is 5.41 Å². The average Bonchev–Trinajstić information content (AvgIpc) is 2.39. The summed E-state index contributed by atoms with van der Waals surface area (Å²) in [5.74, 6) is 2.51. The van der Waals surface area contributed by atoms with Crippen molar-refractivity contribution in [1.82, 2.24) is 5.32 Å². The summed E-state index contributed by atoms with van der Waals surface area (Å²) in [6.45, 7) is 9.01. The minimum atomic E-state index is 0.144. The lowest BCUT2D eigenvalue weighted by atomic mass is 9.79. The van der Waals surface area contributed by atoms with Crippen LogP contribution < -0.4 is 5.32 Å². The van der Waals surface area contributed by atoms with Crippen molar-refractivity contribution in [3.8, 4) is 0 Å². The molecule has 0 aromatic heterocycles. The van der Waals surface area contributed by atoms with Gasteiger partial charge in [-0.15, -0.1) is 0 Å². The van der Waals surface area contributed by atoms with Gasteiger partial charge >= 0.3 is 0 Å². The summed E-state index contributed by atoms with van der Waals surface area (Å²) in [6, 6.07) is 0.574. The van der Waals surface area contributed by atoms with E-state index < -0.39 is 0 Å². The van der Waals surface area contributed by atoms with E-state index in [0.29, 0.717) is 11.5 Å². The second kappa shape index (κ2) is 6.15. The molecule has 1 N–H and O–H groups in total. The standard InChI is InChI=1S/C15H29NOS/c1-4-14(2,3)8-6-13-15(17-10-9-16-13)7-5-11-18-12-15/h13,16H,4-12H2,1-3H3. The van der Waals surface area contributed by atoms with E-state index in [0.717, 1.165) is 13.2 Å². The number of thioether (sulfide) groups is 1. The fraction of sp³-hybridized carbons (Fsp3) is 1.00. The third-order valence-electron chi connectivity index (χ3n) is 4.82. The van der Waals surface area contributed by atoms with Crippen LogP contribution in [0.2, 0.25) is 0 Å². The van der Waals surface area contributed by atoms with E-state index >= 15 is 0 Å². The van der Waals surface area contributed by atoms with E-state index in [9.17, 15) is 0 Å². The highest BCUT2D eigenvalue weighted by molar-refractivity contribution is 7.99. The number of nitrogens with one attached hydrogen (secondary N) is 1. The van der Waals surface area contributed by atoms with E-state index in [1.165, 1.54) is 43.6 Å². The molecule has 2 fully saturated rings. The van der Waals surface area contributed by atoms with E-state index in [-0.39, 0.29) is 5.60 Å². The van der Waals surface area contributed by atoms with Gasteiger partial charge in [0.25, 0.3) is 0 Å². The predicted molar refractivity (Wildman–Crippen MR) is 80.3 cm³/mol. The van der Waals surface area contributed by atoms with Gasteiger partial charge in [0.05, 0.1) is 12.2 Å². The highest BCUT2D eigenvalue weighted by atomic mass is 32.2. The zero-order chi connectivity index (χ0) is 13.1. The summed E-state index contributed by atoms with van der Waals surface area (Å²) in [5, 5.41) is 3.74. The van der Waals surface area contributed by atoms with Crippen LogP contribution in [0.3, 0.4) is 0 Å². The first-order valence-electron chi connectivity index (χ1n) is 7.53. The predicted octanol–water partition coefficient (Wildman–Crippen LogP) is 3.46. The molecule has 0 aromatic rings. The van der Waals surface area contributed by atoms with Crippen LogP contribution in [0.1, 0.15) is 52.9 Å². The van der Waals surface area contributed by atoms with E-state index in [2.05, 4.69) is 37.8 Å². The maximum atomic E-state index is 6.23. The monoisotopic (exact) mass is 271 g/mol. The van der Waals surface area contributed by atoms with Crippen molar-refractivity contribution in [2.75, 3.05) is 24.7 Å². The van der Waals surface area contributed by atoms with Gasteiger partial charge in [-0.3, -0.25) is 0 Å². The van der Waals surface area contributed by atoms with Gasteiger partial charge in [-0.1, -0.05) is 27.2 Å². The van der Waals surface area contributed by atoms with Gasteiger partial charge in [0.2, 0.25) is 0 Å². The second-order valence-electron chi connectivity index (χ2n) is 6.63. The van der Waals surface area contributed by atoms with Gasteiger partial charge in [-0.05, 0) is 36.9 Å². The smallest absolute Gasteiger partial charge is 0.0925 e. The molecule has 1 spiro atoms. The average molecular weight is 271 g/mol. The molecular formula is C15H29NOS. The molecule has 0 aromatic carbocycles. The Morgan fingerprint density at radius 3 is 2.94 bits per heavy atom. The van der Waals surface area contributed by atoms with Crippen LogP contribution in [0.4, 0.5) is 0 Å². The molecule has 2 nitrogen and oxygen atoms in total. The molecule has 2 aliphatic rings. The molecule has 2 atom stereocenters. The van der Waals surface area contributed by atoms with Gasteiger partial charge in [0.15, 0.2) is 0 Å². The third-order valence-corrected chi connectivity index (χ3v) is 6.09. The maximum absolute atomic E-state index is 6.23. The first kappa shape index (κ1) is 14.7. The van der Waals surface area contributed by atoms with Crippen molar-refractivity contribution < 1.29 is 4.74 Å². The van der Waals surface area contributed by atoms with Crippen LogP contribution >= 0.6 is 11.8 Å². The first-order valence-corrected chi connectivity index (χ1v) is 8.69. The Hall–Kier alpha value is 0.270. The number of ether oxygens (including phenoxy) is 1. The number of morpholine rings is 1. The highest BCUT2D eigenvalue weighted by Gasteiger charge is 2.43. The zero-order valence-electron chi connectivity index (χ0n) is 12.3. The Morgan fingerprint density at radius 2 is 2.28 bits per heavy atom. The van der Waals surface area contributed by atoms with Crippen LogP contribution in [-0.2, 0) is 4.74 Å². The van der Waals surface area contributed by atoms with Crippen molar-refractivity contribution in [2.45, 2.75) is 64.5 Å². The van der Waals surface area contributed by atoms with E-state index in [1.807, 2.05) is 0 Å². The summed E-state index contributed by atoms with van der Waals surface area (Å²) >= 11 is 2.08. The molecule has 2 heterocycles. The Morgan fingerprint density at radius 1 is 1.44 bits per heavy atom. The topological polar surface area (TPSA) is 21.3 Å². The largest absolute Gasteiger partial charge is 0.371 e. The Labute approximate surface area is 117 Å². The molecule has 2 saturated heterocycles. The number of rotatable bonds is 4. The Bertz CT molecular complexity index is 253. The van der Waals surface area contributed by atoms with Crippen molar-refractivity contribution in [3.05, 3.63) is 0 Å². The van der Waals surface area contributed by atoms with Crippen molar-refractivity contribution in [3.63, 3.8) is 0 Å². The van der Waals surface area contributed by atoms with Crippen molar-refractivity contribution in [1.29, 1.82) is 0 Å². The Kier molecular flexibility index (Phi) is 5.01. The lowest BCUT2D eigenvalue weighted by Gasteiger charge is -2.47. The fourth-order valence-corrected chi connectivity index (χ4v) is 4.30. The minimum Gasteiger partial charge on any atom is -0.371 e. The third kappa shape index (κ3) is 3.43. The molecule has 0 radical (unpaired) electrons. The van der Waals surface area contributed by atoms with Gasteiger partial charge in [0, 0.05) is 18.3 Å². The first-order chi connectivity index (χ1) is 8.58. The van der Waals surface area contributed by atoms with Gasteiger partial charge in [-0.2, -0.15) is 11.8 Å². The van der Waals surface area contributed by atoms with Gasteiger partial charge in [-0.25, -0.2) is 0 Å². The fourth-order valence-electron chi connectivity index (χ4n) is 3.03. The molecule has 2 unspecified atom stereocenters. The van der Waals surface area contributed by atoms with Crippen molar-refractivity contribution >= 4 is 11.8 Å². The zero-order valence-corrected chi connectivity index (χ0v) is 13.1. The SMILES string of the molecule is CCC(C)(C)CCC1NCCOC12CCCSC2. The molecular weight excluding hydrogens is 242 g/mol. The second-order valence-corrected chi connectivity index (χ2v) is 7.74. The quantitative estimate of drug-likeness (QED) is 0.846. The lowest BCUT2D eigenvalue weighted by molar-refractivity contribution is -0.0909. The summed E-state index contributed by atoms with van der Waals surface area (Å²) in [4.78, 5) is 0. The molecule has 2 aliphatic heterocycles. The number of hydrogen-bond acceptors (Lipinski definition) is 3. The van der Waals surface area contributed by atoms with Crippen molar-refractivity contribution in [2.24, 2.45) is 5.41 Å². The van der Waals surface area contributed by atoms with Gasteiger partial charge < -0.3 is 10.1 Å². The number of hydrogen-bond donors (Lipinski definition) is 1. The Balaban J connectivity index is 1.95. The molecule has 0 bridgehead atoms. The van der Waals surface area contributed by atoms with Crippen LogP contribution in [0.5, 0.6) is 0 Å².